The van der Waals surface area contributed by atoms with E-state index < -0.39 is 5.97 Å². The van der Waals surface area contributed by atoms with Crippen LogP contribution in [0.1, 0.15) is 47.1 Å². The van der Waals surface area contributed by atoms with Crippen LogP contribution in [0.25, 0.3) is 10.2 Å². The van der Waals surface area contributed by atoms with Crippen LogP contribution >= 0.6 is 23.1 Å². The van der Waals surface area contributed by atoms with Crippen LogP contribution in [0, 0.1) is 6.92 Å². The summed E-state index contributed by atoms with van der Waals surface area (Å²) in [4.78, 5) is 30.0. The number of aryl methyl sites for hydroxylation is 1. The predicted octanol–water partition coefficient (Wildman–Crippen LogP) is 3.86. The third-order valence-electron chi connectivity index (χ3n) is 4.52. The SMILES string of the molecule is COC(=O)c1sc2nc(SCc3ccc(C(C)(C)C)cc3)n(N)c(=O)c2c1C. The molecule has 6 nitrogen and oxygen atoms in total. The molecule has 0 bridgehead atoms. The summed E-state index contributed by atoms with van der Waals surface area (Å²) in [5.41, 5.74) is 2.67. The number of esters is 1. The maximum Gasteiger partial charge on any atom is 0.348 e. The van der Waals surface area contributed by atoms with Gasteiger partial charge in [-0.25, -0.2) is 14.5 Å². The number of nitrogens with zero attached hydrogens (tertiary/aromatic N) is 2. The van der Waals surface area contributed by atoms with Crippen molar-refractivity contribution in [3.63, 3.8) is 0 Å². The molecule has 8 heteroatoms. The van der Waals surface area contributed by atoms with Crippen molar-refractivity contribution in [3.8, 4) is 0 Å². The number of nitrogens with two attached hydrogens (primary N) is 1. The number of aromatic nitrogens is 2. The van der Waals surface area contributed by atoms with Crippen LogP contribution in [-0.4, -0.2) is 22.7 Å². The number of benzene rings is 1. The largest absolute Gasteiger partial charge is 0.465 e. The van der Waals surface area contributed by atoms with E-state index in [9.17, 15) is 9.59 Å². The molecule has 148 valence electrons. The number of rotatable bonds is 4. The first-order chi connectivity index (χ1) is 13.1. The lowest BCUT2D eigenvalue weighted by Gasteiger charge is -2.19. The van der Waals surface area contributed by atoms with Crippen LogP contribution in [0.2, 0.25) is 0 Å². The molecule has 0 spiro atoms. The smallest absolute Gasteiger partial charge is 0.348 e. The number of fused-ring (bicyclic) bond motifs is 1. The molecular weight excluding hydrogens is 394 g/mol. The highest BCUT2D eigenvalue weighted by molar-refractivity contribution is 7.98. The van der Waals surface area contributed by atoms with E-state index in [1.165, 1.54) is 24.4 Å². The van der Waals surface area contributed by atoms with Crippen LogP contribution in [0.5, 0.6) is 0 Å². The van der Waals surface area contributed by atoms with Gasteiger partial charge < -0.3 is 10.6 Å². The number of carbonyl (C=O) groups excluding carboxylic acids is 1. The molecule has 2 N–H and O–H groups in total. The summed E-state index contributed by atoms with van der Waals surface area (Å²) < 4.78 is 5.84. The van der Waals surface area contributed by atoms with E-state index in [1.54, 1.807) is 6.92 Å². The average Bonchev–Trinajstić information content (AvgIpc) is 2.99. The Labute approximate surface area is 171 Å². The maximum atomic E-state index is 12.7. The Balaban J connectivity index is 1.90. The Hall–Kier alpha value is -2.32. The second-order valence-corrected chi connectivity index (χ2v) is 9.47. The summed E-state index contributed by atoms with van der Waals surface area (Å²) in [5.74, 6) is 6.15. The van der Waals surface area contributed by atoms with Crippen molar-refractivity contribution in [2.75, 3.05) is 13.0 Å². The van der Waals surface area contributed by atoms with E-state index in [0.29, 0.717) is 31.6 Å². The lowest BCUT2D eigenvalue weighted by molar-refractivity contribution is 0.0605. The first-order valence-corrected chi connectivity index (χ1v) is 10.6. The minimum atomic E-state index is -0.475. The van der Waals surface area contributed by atoms with Crippen LogP contribution in [0.15, 0.2) is 34.2 Å². The zero-order chi connectivity index (χ0) is 20.6. The van der Waals surface area contributed by atoms with E-state index in [0.717, 1.165) is 21.6 Å². The van der Waals surface area contributed by atoms with Crippen molar-refractivity contribution in [1.29, 1.82) is 0 Å². The molecule has 2 heterocycles. The van der Waals surface area contributed by atoms with Gasteiger partial charge in [-0.1, -0.05) is 56.8 Å². The number of hydrogen-bond donors (Lipinski definition) is 1. The number of nitrogen functional groups attached to an aromatic ring is 1. The summed E-state index contributed by atoms with van der Waals surface area (Å²) in [7, 11) is 1.31. The summed E-state index contributed by atoms with van der Waals surface area (Å²) >= 11 is 2.54. The fourth-order valence-corrected chi connectivity index (χ4v) is 4.83. The second kappa shape index (κ2) is 7.60. The number of hydrogen-bond acceptors (Lipinski definition) is 7. The van der Waals surface area contributed by atoms with Crippen molar-refractivity contribution in [2.24, 2.45) is 0 Å². The normalized spacial score (nSPS) is 11.8. The van der Waals surface area contributed by atoms with Gasteiger partial charge in [0.15, 0.2) is 5.16 Å². The molecule has 28 heavy (non-hydrogen) atoms. The number of ether oxygens (including phenoxy) is 1. The molecule has 0 saturated heterocycles. The number of methoxy groups -OCH3 is 1. The lowest BCUT2D eigenvalue weighted by atomic mass is 9.87. The van der Waals surface area contributed by atoms with Gasteiger partial charge in [-0.15, -0.1) is 11.3 Å². The number of thiophene rings is 1. The Morgan fingerprint density at radius 1 is 1.29 bits per heavy atom. The van der Waals surface area contributed by atoms with Crippen LogP contribution in [-0.2, 0) is 15.9 Å². The first-order valence-electron chi connectivity index (χ1n) is 8.75. The number of thioether (sulfide) groups is 1. The predicted molar refractivity (Wildman–Crippen MR) is 115 cm³/mol. The fraction of sp³-hybridized carbons (Fsp3) is 0.350. The quantitative estimate of drug-likeness (QED) is 0.300. The third-order valence-corrected chi connectivity index (χ3v) is 6.71. The van der Waals surface area contributed by atoms with E-state index in [4.69, 9.17) is 10.6 Å². The molecule has 0 amide bonds. The highest BCUT2D eigenvalue weighted by Crippen LogP contribution is 2.30. The van der Waals surface area contributed by atoms with Crippen molar-refractivity contribution in [1.82, 2.24) is 9.66 Å². The lowest BCUT2D eigenvalue weighted by Crippen LogP contribution is -2.29. The van der Waals surface area contributed by atoms with Gasteiger partial charge in [0, 0.05) is 5.75 Å². The maximum absolute atomic E-state index is 12.7. The highest BCUT2D eigenvalue weighted by Gasteiger charge is 2.21. The molecule has 0 aliphatic carbocycles. The first kappa shape index (κ1) is 20.4. The molecule has 0 unspecified atom stereocenters. The van der Waals surface area contributed by atoms with Gasteiger partial charge in [0.25, 0.3) is 5.56 Å². The Bertz CT molecular complexity index is 1090. The highest BCUT2D eigenvalue weighted by atomic mass is 32.2. The molecule has 0 radical (unpaired) electrons. The molecule has 3 rings (SSSR count). The Morgan fingerprint density at radius 2 is 1.93 bits per heavy atom. The van der Waals surface area contributed by atoms with E-state index in [-0.39, 0.29) is 11.0 Å². The monoisotopic (exact) mass is 417 g/mol. The number of carbonyl (C=O) groups is 1. The van der Waals surface area contributed by atoms with Gasteiger partial charge in [-0.05, 0) is 29.0 Å². The average molecular weight is 418 g/mol. The molecular formula is C20H23N3O3S2. The summed E-state index contributed by atoms with van der Waals surface area (Å²) in [6.45, 7) is 8.23. The van der Waals surface area contributed by atoms with E-state index in [1.807, 2.05) is 0 Å². The van der Waals surface area contributed by atoms with Crippen LogP contribution in [0.4, 0.5) is 0 Å². The molecule has 0 aliphatic heterocycles. The molecule has 1 aromatic carbocycles. The fourth-order valence-electron chi connectivity index (χ4n) is 2.81. The Morgan fingerprint density at radius 3 is 2.50 bits per heavy atom. The van der Waals surface area contributed by atoms with Gasteiger partial charge in [0.1, 0.15) is 9.71 Å². The van der Waals surface area contributed by atoms with Crippen molar-refractivity contribution in [2.45, 2.75) is 44.0 Å². The minimum Gasteiger partial charge on any atom is -0.465 e. The summed E-state index contributed by atoms with van der Waals surface area (Å²) in [6.07, 6.45) is 0. The standard InChI is InChI=1S/C20H23N3O3S2/c1-11-14-16(28-15(11)18(25)26-5)22-19(23(21)17(14)24)27-10-12-6-8-13(9-7-12)20(2,3)4/h6-9H,10,21H2,1-5H3. The van der Waals surface area contributed by atoms with Crippen molar-refractivity contribution < 1.29 is 9.53 Å². The van der Waals surface area contributed by atoms with Crippen LogP contribution in [0.3, 0.4) is 0 Å². The molecule has 0 fully saturated rings. The van der Waals surface area contributed by atoms with Gasteiger partial charge in [0.05, 0.1) is 12.5 Å². The van der Waals surface area contributed by atoms with Crippen LogP contribution < -0.4 is 11.4 Å². The molecule has 2 aromatic heterocycles. The van der Waals surface area contributed by atoms with Gasteiger partial charge >= 0.3 is 5.97 Å². The topological polar surface area (TPSA) is 87.2 Å². The van der Waals surface area contributed by atoms with Crippen molar-refractivity contribution in [3.05, 3.63) is 56.2 Å². The second-order valence-electron chi connectivity index (χ2n) is 7.53. The summed E-state index contributed by atoms with van der Waals surface area (Å²) in [5, 5.41) is 0.779. The van der Waals surface area contributed by atoms with E-state index >= 15 is 0 Å². The summed E-state index contributed by atoms with van der Waals surface area (Å²) in [6, 6.07) is 8.39. The molecule has 0 aliphatic rings. The minimum absolute atomic E-state index is 0.102. The zero-order valence-electron chi connectivity index (χ0n) is 16.5. The van der Waals surface area contributed by atoms with Crippen molar-refractivity contribution >= 4 is 39.3 Å². The van der Waals surface area contributed by atoms with Gasteiger partial charge in [-0.3, -0.25) is 4.79 Å². The molecule has 3 aromatic rings. The van der Waals surface area contributed by atoms with Gasteiger partial charge in [-0.2, -0.15) is 0 Å². The third kappa shape index (κ3) is 3.79. The molecule has 0 saturated carbocycles. The molecule has 0 atom stereocenters. The van der Waals surface area contributed by atoms with E-state index in [2.05, 4.69) is 50.0 Å². The zero-order valence-corrected chi connectivity index (χ0v) is 18.2. The van der Waals surface area contributed by atoms with Gasteiger partial charge in [0.2, 0.25) is 0 Å². The Kier molecular flexibility index (Phi) is 5.54.